The number of hydrogen-bond acceptors (Lipinski definition) is 1. The van der Waals surface area contributed by atoms with Gasteiger partial charge in [-0.05, 0) is 37.9 Å². The maximum absolute atomic E-state index is 12.9. The van der Waals surface area contributed by atoms with Gasteiger partial charge in [-0.1, -0.05) is 54.6 Å². The van der Waals surface area contributed by atoms with Gasteiger partial charge in [-0.25, -0.2) is 0 Å². The molecule has 0 amide bonds. The van der Waals surface area contributed by atoms with Crippen LogP contribution < -0.4 is 0 Å². The summed E-state index contributed by atoms with van der Waals surface area (Å²) < 4.78 is 38.7. The first-order valence-corrected chi connectivity index (χ1v) is 6.88. The van der Waals surface area contributed by atoms with Crippen LogP contribution in [0.1, 0.15) is 11.7 Å². The van der Waals surface area contributed by atoms with Gasteiger partial charge in [-0.2, -0.15) is 13.2 Å². The molecule has 0 aliphatic carbocycles. The lowest BCUT2D eigenvalue weighted by Gasteiger charge is -2.19. The Balaban J connectivity index is 2.17. The third kappa shape index (κ3) is 1.77. The monoisotopic (exact) mass is 300 g/mol. The highest BCUT2D eigenvalue weighted by Crippen LogP contribution is 2.41. The second-order valence-electron chi connectivity index (χ2n) is 5.45. The lowest BCUT2D eigenvalue weighted by molar-refractivity contribution is -0.206. The molecule has 0 bridgehead atoms. The molecule has 0 saturated heterocycles. The average Bonchev–Trinajstić information content (AvgIpc) is 2.51. The van der Waals surface area contributed by atoms with Crippen LogP contribution in [-0.2, 0) is 0 Å². The Morgan fingerprint density at radius 3 is 1.91 bits per heavy atom. The standard InChI is InChI=1S/C18H11F3O/c19-18(20,21)17(22)14-9-7-12-5-4-10-2-1-3-11-6-8-13(14)16(12)15(10)11/h1-9,17,22H/t17-/m0/s1. The molecule has 0 unspecified atom stereocenters. The predicted octanol–water partition coefficient (Wildman–Crippen LogP) is 5.18. The molecule has 0 aliphatic heterocycles. The van der Waals surface area contributed by atoms with E-state index in [4.69, 9.17) is 0 Å². The molecule has 4 heteroatoms. The van der Waals surface area contributed by atoms with Crippen LogP contribution in [0.25, 0.3) is 32.3 Å². The zero-order valence-electron chi connectivity index (χ0n) is 11.4. The van der Waals surface area contributed by atoms with Crippen LogP contribution in [0.2, 0.25) is 0 Å². The molecular formula is C18H11F3O. The fourth-order valence-electron chi connectivity index (χ4n) is 3.17. The van der Waals surface area contributed by atoms with E-state index in [0.717, 1.165) is 26.9 Å². The van der Waals surface area contributed by atoms with Crippen LogP contribution in [-0.4, -0.2) is 11.3 Å². The molecule has 1 atom stereocenters. The highest BCUT2D eigenvalue weighted by Gasteiger charge is 2.40. The molecule has 0 spiro atoms. The Hall–Kier alpha value is -2.33. The Kier molecular flexibility index (Phi) is 2.63. The molecule has 22 heavy (non-hydrogen) atoms. The molecule has 4 rings (SSSR count). The molecule has 0 fully saturated rings. The summed E-state index contributed by atoms with van der Waals surface area (Å²) in [6.45, 7) is 0. The smallest absolute Gasteiger partial charge is 0.379 e. The zero-order chi connectivity index (χ0) is 15.5. The van der Waals surface area contributed by atoms with E-state index in [1.165, 1.54) is 6.07 Å². The van der Waals surface area contributed by atoms with Crippen molar-refractivity contribution in [2.24, 2.45) is 0 Å². The highest BCUT2D eigenvalue weighted by atomic mass is 19.4. The molecule has 4 aromatic carbocycles. The van der Waals surface area contributed by atoms with E-state index in [1.54, 1.807) is 18.2 Å². The van der Waals surface area contributed by atoms with Crippen LogP contribution in [0.3, 0.4) is 0 Å². The third-order valence-corrected chi connectivity index (χ3v) is 4.17. The Morgan fingerprint density at radius 2 is 1.27 bits per heavy atom. The van der Waals surface area contributed by atoms with Gasteiger partial charge in [0.2, 0.25) is 0 Å². The van der Waals surface area contributed by atoms with E-state index in [2.05, 4.69) is 0 Å². The summed E-state index contributed by atoms with van der Waals surface area (Å²) in [7, 11) is 0. The summed E-state index contributed by atoms with van der Waals surface area (Å²) in [6, 6.07) is 16.1. The molecular weight excluding hydrogens is 289 g/mol. The predicted molar refractivity (Wildman–Crippen MR) is 81.2 cm³/mol. The zero-order valence-corrected chi connectivity index (χ0v) is 11.4. The summed E-state index contributed by atoms with van der Waals surface area (Å²) in [4.78, 5) is 0. The minimum Gasteiger partial charge on any atom is -0.379 e. The van der Waals surface area contributed by atoms with Crippen molar-refractivity contribution in [1.29, 1.82) is 0 Å². The van der Waals surface area contributed by atoms with E-state index in [0.29, 0.717) is 5.39 Å². The molecule has 1 N–H and O–H groups in total. The fourth-order valence-corrected chi connectivity index (χ4v) is 3.17. The van der Waals surface area contributed by atoms with Crippen molar-refractivity contribution < 1.29 is 18.3 Å². The Bertz CT molecular complexity index is 972. The summed E-state index contributed by atoms with van der Waals surface area (Å²) >= 11 is 0. The third-order valence-electron chi connectivity index (χ3n) is 4.17. The van der Waals surface area contributed by atoms with Gasteiger partial charge in [0.15, 0.2) is 6.10 Å². The van der Waals surface area contributed by atoms with E-state index in [1.807, 2.05) is 30.3 Å². The van der Waals surface area contributed by atoms with Crippen LogP contribution in [0.15, 0.2) is 54.6 Å². The number of aliphatic hydroxyl groups excluding tert-OH is 1. The molecule has 4 aromatic rings. The number of hydrogen-bond donors (Lipinski definition) is 1. The van der Waals surface area contributed by atoms with Crippen molar-refractivity contribution in [3.05, 3.63) is 60.2 Å². The number of rotatable bonds is 1. The first kappa shape index (κ1) is 13.3. The number of aliphatic hydroxyl groups is 1. The maximum Gasteiger partial charge on any atom is 0.418 e. The van der Waals surface area contributed by atoms with E-state index in [9.17, 15) is 18.3 Å². The minimum atomic E-state index is -4.68. The Labute approximate surface area is 123 Å². The van der Waals surface area contributed by atoms with Gasteiger partial charge in [-0.15, -0.1) is 0 Å². The van der Waals surface area contributed by atoms with Gasteiger partial charge in [0, 0.05) is 0 Å². The van der Waals surface area contributed by atoms with Crippen molar-refractivity contribution in [3.8, 4) is 0 Å². The SMILES string of the molecule is O[C@@H](c1ccc2ccc3cccc4ccc1c2c34)C(F)(F)F. The van der Waals surface area contributed by atoms with Gasteiger partial charge < -0.3 is 5.11 Å². The largest absolute Gasteiger partial charge is 0.418 e. The lowest BCUT2D eigenvalue weighted by Crippen LogP contribution is -2.20. The number of benzene rings is 4. The summed E-state index contributed by atoms with van der Waals surface area (Å²) in [6.07, 6.45) is -7.15. The van der Waals surface area contributed by atoms with Crippen molar-refractivity contribution >= 4 is 32.3 Å². The van der Waals surface area contributed by atoms with Crippen molar-refractivity contribution in [3.63, 3.8) is 0 Å². The van der Waals surface area contributed by atoms with Crippen molar-refractivity contribution in [1.82, 2.24) is 0 Å². The van der Waals surface area contributed by atoms with E-state index >= 15 is 0 Å². The molecule has 0 saturated carbocycles. The van der Waals surface area contributed by atoms with Crippen molar-refractivity contribution in [2.45, 2.75) is 12.3 Å². The quantitative estimate of drug-likeness (QED) is 0.480. The first-order valence-electron chi connectivity index (χ1n) is 6.88. The summed E-state index contributed by atoms with van der Waals surface area (Å²) in [5, 5.41) is 14.7. The lowest BCUT2D eigenvalue weighted by atomic mass is 9.90. The van der Waals surface area contributed by atoms with Gasteiger partial charge in [0.25, 0.3) is 0 Å². The van der Waals surface area contributed by atoms with E-state index < -0.39 is 12.3 Å². The maximum atomic E-state index is 12.9. The van der Waals surface area contributed by atoms with Gasteiger partial charge in [0.1, 0.15) is 0 Å². The fraction of sp³-hybridized carbons (Fsp3) is 0.111. The normalized spacial score (nSPS) is 14.2. The van der Waals surface area contributed by atoms with Crippen LogP contribution >= 0.6 is 0 Å². The molecule has 0 aliphatic rings. The molecule has 1 nitrogen and oxygen atoms in total. The summed E-state index contributed by atoms with van der Waals surface area (Å²) in [5.41, 5.74) is -0.0988. The molecule has 0 radical (unpaired) electrons. The minimum absolute atomic E-state index is 0.0988. The van der Waals surface area contributed by atoms with E-state index in [-0.39, 0.29) is 5.56 Å². The first-order chi connectivity index (χ1) is 10.5. The Morgan fingerprint density at radius 1 is 0.727 bits per heavy atom. The van der Waals surface area contributed by atoms with Gasteiger partial charge >= 0.3 is 6.18 Å². The van der Waals surface area contributed by atoms with Crippen LogP contribution in [0, 0.1) is 0 Å². The van der Waals surface area contributed by atoms with Crippen LogP contribution in [0.4, 0.5) is 13.2 Å². The molecule has 0 heterocycles. The van der Waals surface area contributed by atoms with Crippen molar-refractivity contribution in [2.75, 3.05) is 0 Å². The second-order valence-corrected chi connectivity index (χ2v) is 5.45. The second kappa shape index (κ2) is 4.34. The molecule has 110 valence electrons. The highest BCUT2D eigenvalue weighted by molar-refractivity contribution is 6.23. The van der Waals surface area contributed by atoms with Gasteiger partial charge in [0.05, 0.1) is 0 Å². The number of alkyl halides is 3. The molecule has 0 aromatic heterocycles. The van der Waals surface area contributed by atoms with Crippen LogP contribution in [0.5, 0.6) is 0 Å². The topological polar surface area (TPSA) is 20.2 Å². The number of halogens is 3. The average molecular weight is 300 g/mol. The summed E-state index contributed by atoms with van der Waals surface area (Å²) in [5.74, 6) is 0. The van der Waals surface area contributed by atoms with Gasteiger partial charge in [-0.3, -0.25) is 0 Å².